The van der Waals surface area contributed by atoms with Crippen molar-refractivity contribution in [2.75, 3.05) is 13.7 Å². The van der Waals surface area contributed by atoms with Gasteiger partial charge in [-0.3, -0.25) is 9.59 Å². The number of rotatable bonds is 7. The van der Waals surface area contributed by atoms with Gasteiger partial charge >= 0.3 is 5.97 Å². The second-order valence-corrected chi connectivity index (χ2v) is 8.29. The van der Waals surface area contributed by atoms with Crippen molar-refractivity contribution in [2.45, 2.75) is 37.5 Å². The summed E-state index contributed by atoms with van der Waals surface area (Å²) in [5.74, 6) is -0.220. The first kappa shape index (κ1) is 20.7. The molecule has 1 N–H and O–H groups in total. The van der Waals surface area contributed by atoms with Crippen molar-refractivity contribution in [3.05, 3.63) is 64.7 Å². The molecule has 2 fully saturated rings. The molecule has 2 aromatic carbocycles. The maximum atomic E-state index is 13.3. The van der Waals surface area contributed by atoms with Gasteiger partial charge in [0.15, 0.2) is 0 Å². The molecule has 6 nitrogen and oxygen atoms in total. The number of morpholine rings is 1. The Morgan fingerprint density at radius 3 is 2.57 bits per heavy atom. The highest BCUT2D eigenvalue weighted by molar-refractivity contribution is 6.30. The molecule has 1 aliphatic heterocycles. The predicted molar refractivity (Wildman–Crippen MR) is 111 cm³/mol. The number of benzene rings is 2. The highest BCUT2D eigenvalue weighted by Gasteiger charge is 2.46. The molecule has 158 valence electrons. The smallest absolute Gasteiger partial charge is 0.306 e. The molecular weight excluding hydrogens is 406 g/mol. The highest BCUT2D eigenvalue weighted by atomic mass is 35.5. The Hall–Kier alpha value is -2.57. The molecule has 7 heteroatoms. The van der Waals surface area contributed by atoms with Gasteiger partial charge in [0.2, 0.25) is 0 Å². The minimum atomic E-state index is -1.06. The summed E-state index contributed by atoms with van der Waals surface area (Å²) >= 11 is 6.09. The van der Waals surface area contributed by atoms with E-state index in [1.165, 1.54) is 0 Å². The number of methoxy groups -OCH3 is 1. The minimum absolute atomic E-state index is 0.275. The van der Waals surface area contributed by atoms with E-state index in [-0.39, 0.29) is 18.4 Å². The number of aliphatic carboxylic acids is 1. The summed E-state index contributed by atoms with van der Waals surface area (Å²) in [6, 6.07) is 14.5. The lowest BCUT2D eigenvalue weighted by molar-refractivity contribution is -0.179. The molecule has 2 aromatic rings. The fraction of sp³-hybridized carbons (Fsp3) is 0.391. The van der Waals surface area contributed by atoms with Crippen LogP contribution in [-0.4, -0.2) is 41.6 Å². The molecule has 1 saturated heterocycles. The van der Waals surface area contributed by atoms with E-state index in [1.54, 1.807) is 19.2 Å². The van der Waals surface area contributed by atoms with Crippen molar-refractivity contribution in [3.8, 4) is 5.75 Å². The molecule has 0 radical (unpaired) electrons. The Kier molecular flexibility index (Phi) is 5.97. The number of hydrogen-bond donors (Lipinski definition) is 1. The van der Waals surface area contributed by atoms with Crippen molar-refractivity contribution in [2.24, 2.45) is 5.92 Å². The third-order valence-corrected chi connectivity index (χ3v) is 5.89. The molecule has 0 bridgehead atoms. The van der Waals surface area contributed by atoms with Crippen LogP contribution in [0.15, 0.2) is 48.5 Å². The van der Waals surface area contributed by atoms with E-state index >= 15 is 0 Å². The normalized spacial score (nSPS) is 24.0. The van der Waals surface area contributed by atoms with E-state index < -0.39 is 18.2 Å². The van der Waals surface area contributed by atoms with E-state index in [0.29, 0.717) is 23.2 Å². The number of carboxylic acids is 1. The lowest BCUT2D eigenvalue weighted by Crippen LogP contribution is -2.52. The number of ether oxygens (including phenoxy) is 2. The van der Waals surface area contributed by atoms with E-state index in [0.717, 1.165) is 24.0 Å². The third-order valence-electron chi connectivity index (χ3n) is 5.64. The van der Waals surface area contributed by atoms with Crippen LogP contribution in [0.25, 0.3) is 0 Å². The molecule has 0 unspecified atom stereocenters. The number of carbonyl (C=O) groups excluding carboxylic acids is 1. The molecule has 1 aliphatic carbocycles. The van der Waals surface area contributed by atoms with E-state index in [4.69, 9.17) is 21.1 Å². The number of nitrogens with zero attached hydrogens (tertiary/aromatic N) is 1. The second kappa shape index (κ2) is 8.66. The fourth-order valence-electron chi connectivity index (χ4n) is 3.97. The first-order valence-corrected chi connectivity index (χ1v) is 10.4. The van der Waals surface area contributed by atoms with Gasteiger partial charge in [-0.15, -0.1) is 0 Å². The highest BCUT2D eigenvalue weighted by Crippen LogP contribution is 2.45. The molecule has 1 amide bonds. The summed E-state index contributed by atoms with van der Waals surface area (Å²) < 4.78 is 11.5. The van der Waals surface area contributed by atoms with Gasteiger partial charge in [-0.1, -0.05) is 35.9 Å². The van der Waals surface area contributed by atoms with Crippen LogP contribution in [0.4, 0.5) is 0 Å². The van der Waals surface area contributed by atoms with Gasteiger partial charge in [-0.25, -0.2) is 0 Å². The van der Waals surface area contributed by atoms with Gasteiger partial charge < -0.3 is 19.5 Å². The maximum absolute atomic E-state index is 13.3. The van der Waals surface area contributed by atoms with Gasteiger partial charge in [0.25, 0.3) is 5.91 Å². The van der Waals surface area contributed by atoms with Crippen LogP contribution in [-0.2, 0) is 14.3 Å². The summed E-state index contributed by atoms with van der Waals surface area (Å²) in [5.41, 5.74) is 1.73. The Labute approximate surface area is 180 Å². The molecule has 1 saturated carbocycles. The molecule has 1 heterocycles. The topological polar surface area (TPSA) is 76.1 Å². The Balaban J connectivity index is 1.79. The first-order valence-electron chi connectivity index (χ1n) is 10.0. The molecule has 4 rings (SSSR count). The number of carbonyl (C=O) groups is 2. The lowest BCUT2D eigenvalue weighted by atomic mass is 9.91. The Morgan fingerprint density at radius 2 is 1.93 bits per heavy atom. The average molecular weight is 430 g/mol. The van der Waals surface area contributed by atoms with Gasteiger partial charge in [0, 0.05) is 11.6 Å². The summed E-state index contributed by atoms with van der Waals surface area (Å²) in [7, 11) is 1.59. The Morgan fingerprint density at radius 1 is 1.20 bits per heavy atom. The molecule has 3 atom stereocenters. The maximum Gasteiger partial charge on any atom is 0.306 e. The van der Waals surface area contributed by atoms with Crippen LogP contribution in [0.3, 0.4) is 0 Å². The van der Waals surface area contributed by atoms with Crippen LogP contribution >= 0.6 is 11.6 Å². The number of halogens is 1. The van der Waals surface area contributed by atoms with Crippen molar-refractivity contribution < 1.29 is 24.2 Å². The molecule has 2 aliphatic rings. The van der Waals surface area contributed by atoms with Crippen LogP contribution in [0.5, 0.6) is 5.75 Å². The zero-order valence-corrected chi connectivity index (χ0v) is 17.4. The van der Waals surface area contributed by atoms with Crippen molar-refractivity contribution in [1.29, 1.82) is 0 Å². The predicted octanol–water partition coefficient (Wildman–Crippen LogP) is 4.24. The van der Waals surface area contributed by atoms with E-state index in [1.807, 2.05) is 41.3 Å². The zero-order valence-electron chi connectivity index (χ0n) is 16.7. The van der Waals surface area contributed by atoms with Crippen LogP contribution in [0.2, 0.25) is 5.02 Å². The molecular formula is C23H24ClNO5. The van der Waals surface area contributed by atoms with E-state index in [2.05, 4.69) is 0 Å². The summed E-state index contributed by atoms with van der Waals surface area (Å²) in [4.78, 5) is 26.5. The molecule has 0 aromatic heterocycles. The number of hydrogen-bond acceptors (Lipinski definition) is 4. The van der Waals surface area contributed by atoms with Gasteiger partial charge in [0.05, 0.1) is 19.6 Å². The lowest BCUT2D eigenvalue weighted by Gasteiger charge is -2.45. The monoisotopic (exact) mass is 429 g/mol. The number of carboxylic acid groups (broad SMARTS) is 1. The average Bonchev–Trinajstić information content (AvgIpc) is 3.55. The van der Waals surface area contributed by atoms with Crippen molar-refractivity contribution >= 4 is 23.5 Å². The summed E-state index contributed by atoms with van der Waals surface area (Å²) in [6.07, 6.45) is 0.230. The van der Waals surface area contributed by atoms with E-state index in [9.17, 15) is 14.7 Å². The van der Waals surface area contributed by atoms with Crippen LogP contribution in [0, 0.1) is 5.92 Å². The first-order chi connectivity index (χ1) is 14.5. The fourth-order valence-corrected chi connectivity index (χ4v) is 4.09. The standard InChI is InChI=1S/C23H24ClNO5/c1-29-18-4-2-3-16(11-18)22-21(15-7-9-17(24)10-8-15)25(13-14-5-6-14)23(28)19(30-22)12-20(26)27/h2-4,7-11,14,19,21-22H,5-6,12-13H2,1H3,(H,26,27)/t19-,21+,22+/m0/s1. The SMILES string of the molecule is COc1cccc([C@H]2O[C@@H](CC(=O)O)C(=O)N(CC3CC3)[C@@H]2c2ccc(Cl)cc2)c1. The molecule has 0 spiro atoms. The second-order valence-electron chi connectivity index (χ2n) is 7.85. The number of amides is 1. The Bertz CT molecular complexity index is 927. The van der Waals surface area contributed by atoms with Crippen LogP contribution < -0.4 is 4.74 Å². The molecule has 30 heavy (non-hydrogen) atoms. The third kappa shape index (κ3) is 4.45. The van der Waals surface area contributed by atoms with Gasteiger partial charge in [-0.05, 0) is 54.2 Å². The van der Waals surface area contributed by atoms with Gasteiger partial charge in [-0.2, -0.15) is 0 Å². The van der Waals surface area contributed by atoms with Gasteiger partial charge in [0.1, 0.15) is 18.0 Å². The quantitative estimate of drug-likeness (QED) is 0.712. The van der Waals surface area contributed by atoms with Crippen molar-refractivity contribution in [1.82, 2.24) is 4.90 Å². The zero-order chi connectivity index (χ0) is 21.3. The van der Waals surface area contributed by atoms with Crippen molar-refractivity contribution in [3.63, 3.8) is 0 Å². The van der Waals surface area contributed by atoms with Crippen LogP contribution in [0.1, 0.15) is 42.5 Å². The summed E-state index contributed by atoms with van der Waals surface area (Å²) in [5, 5.41) is 9.94. The summed E-state index contributed by atoms with van der Waals surface area (Å²) in [6.45, 7) is 0.589. The minimum Gasteiger partial charge on any atom is -0.497 e. The largest absolute Gasteiger partial charge is 0.497 e.